The molecule has 2 N–H and O–H groups in total. The van der Waals surface area contributed by atoms with Gasteiger partial charge in [-0.1, -0.05) is 49.2 Å². The number of imidazole rings is 1. The van der Waals surface area contributed by atoms with E-state index in [-0.39, 0.29) is 5.91 Å². The molecule has 0 saturated heterocycles. The molecule has 8 heteroatoms. The van der Waals surface area contributed by atoms with E-state index in [1.165, 1.54) is 0 Å². The van der Waals surface area contributed by atoms with Crippen LogP contribution < -0.4 is 10.6 Å². The van der Waals surface area contributed by atoms with Crippen LogP contribution in [0.2, 0.25) is 10.0 Å². The van der Waals surface area contributed by atoms with Crippen molar-refractivity contribution in [3.63, 3.8) is 0 Å². The Labute approximate surface area is 208 Å². The lowest BCUT2D eigenvalue weighted by atomic mass is 10.1. The van der Waals surface area contributed by atoms with Crippen LogP contribution in [0.4, 0.5) is 5.82 Å². The molecular weight excluding hydrogens is 469 g/mol. The molecule has 34 heavy (non-hydrogen) atoms. The Morgan fingerprint density at radius 1 is 1.09 bits per heavy atom. The van der Waals surface area contributed by atoms with Gasteiger partial charge in [0.25, 0.3) is 5.91 Å². The number of amides is 1. The first kappa shape index (κ1) is 22.7. The van der Waals surface area contributed by atoms with Crippen LogP contribution in [0.15, 0.2) is 54.9 Å². The molecule has 2 aromatic heterocycles. The molecule has 2 aromatic carbocycles. The van der Waals surface area contributed by atoms with Crippen LogP contribution in [0.25, 0.3) is 28.2 Å². The minimum atomic E-state index is -0.0308. The van der Waals surface area contributed by atoms with E-state index in [4.69, 9.17) is 28.2 Å². The van der Waals surface area contributed by atoms with Gasteiger partial charge < -0.3 is 10.6 Å². The number of hydrogen-bond acceptors (Lipinski definition) is 4. The smallest absolute Gasteiger partial charge is 0.251 e. The second kappa shape index (κ2) is 9.28. The fraction of sp³-hybridized carbons (Fsp3) is 0.269. The summed E-state index contributed by atoms with van der Waals surface area (Å²) in [5.41, 5.74) is 4.77. The molecule has 1 amide bonds. The van der Waals surface area contributed by atoms with E-state index in [1.807, 2.05) is 53.2 Å². The van der Waals surface area contributed by atoms with Gasteiger partial charge in [-0.15, -0.1) is 0 Å². The topological polar surface area (TPSA) is 71.3 Å². The Morgan fingerprint density at radius 3 is 2.44 bits per heavy atom. The standard InChI is InChI=1S/C26H25Cl2N5O/c1-15(2)12-29-24-25-30-13-23(16-3-5-17(6-4-16)26(34)31-21-7-8-21)33(25)14-22(32-24)18-9-19(27)11-20(28)10-18/h3-6,9-11,13-15,21H,7-8,12H2,1-2H3,(H,29,32)(H,31,34). The molecule has 1 aliphatic rings. The number of hydrogen-bond donors (Lipinski definition) is 2. The first-order chi connectivity index (χ1) is 16.4. The molecule has 5 rings (SSSR count). The number of aromatic nitrogens is 3. The first-order valence-electron chi connectivity index (χ1n) is 11.4. The van der Waals surface area contributed by atoms with E-state index in [9.17, 15) is 4.79 Å². The van der Waals surface area contributed by atoms with Gasteiger partial charge >= 0.3 is 0 Å². The second-order valence-electron chi connectivity index (χ2n) is 9.07. The number of halogens is 2. The zero-order valence-electron chi connectivity index (χ0n) is 19.0. The molecule has 6 nitrogen and oxygen atoms in total. The number of carbonyl (C=O) groups excluding carboxylic acids is 1. The molecule has 4 aromatic rings. The molecule has 0 atom stereocenters. The van der Waals surface area contributed by atoms with Crippen molar-refractivity contribution >= 4 is 40.6 Å². The normalized spacial score (nSPS) is 13.4. The predicted octanol–water partition coefficient (Wildman–Crippen LogP) is 6.33. The third-order valence-electron chi connectivity index (χ3n) is 5.68. The highest BCUT2D eigenvalue weighted by Gasteiger charge is 2.23. The highest BCUT2D eigenvalue weighted by molar-refractivity contribution is 6.35. The maximum absolute atomic E-state index is 12.4. The Bertz CT molecular complexity index is 1340. The average molecular weight is 494 g/mol. The molecule has 2 heterocycles. The number of carbonyl (C=O) groups is 1. The zero-order chi connectivity index (χ0) is 23.8. The summed E-state index contributed by atoms with van der Waals surface area (Å²) in [7, 11) is 0. The first-order valence-corrected chi connectivity index (χ1v) is 12.1. The van der Waals surface area contributed by atoms with Crippen LogP contribution in [0.1, 0.15) is 37.0 Å². The Balaban J connectivity index is 1.57. The van der Waals surface area contributed by atoms with Crippen molar-refractivity contribution < 1.29 is 4.79 Å². The van der Waals surface area contributed by atoms with E-state index in [2.05, 4.69) is 29.5 Å². The maximum atomic E-state index is 12.4. The summed E-state index contributed by atoms with van der Waals surface area (Å²) >= 11 is 12.5. The van der Waals surface area contributed by atoms with Gasteiger partial charge in [0.1, 0.15) is 0 Å². The van der Waals surface area contributed by atoms with E-state index >= 15 is 0 Å². The molecule has 1 fully saturated rings. The summed E-state index contributed by atoms with van der Waals surface area (Å²) in [6.45, 7) is 5.04. The average Bonchev–Trinajstić information content (AvgIpc) is 3.51. The molecule has 0 spiro atoms. The minimum absolute atomic E-state index is 0.0308. The summed E-state index contributed by atoms with van der Waals surface area (Å²) in [5.74, 6) is 1.10. The SMILES string of the molecule is CC(C)CNc1nc(-c2cc(Cl)cc(Cl)c2)cn2c(-c3ccc(C(=O)NC4CC4)cc3)cnc12. The van der Waals surface area contributed by atoms with Crippen molar-refractivity contribution in [1.29, 1.82) is 0 Å². The van der Waals surface area contributed by atoms with Crippen LogP contribution in [0, 0.1) is 5.92 Å². The van der Waals surface area contributed by atoms with Crippen molar-refractivity contribution in [2.75, 3.05) is 11.9 Å². The fourth-order valence-corrected chi connectivity index (χ4v) is 4.28. The quantitative estimate of drug-likeness (QED) is 0.315. The minimum Gasteiger partial charge on any atom is -0.367 e. The van der Waals surface area contributed by atoms with Crippen LogP contribution in [0.5, 0.6) is 0 Å². The lowest BCUT2D eigenvalue weighted by Crippen LogP contribution is -2.25. The molecule has 174 valence electrons. The van der Waals surface area contributed by atoms with Crippen molar-refractivity contribution in [1.82, 2.24) is 19.7 Å². The highest BCUT2D eigenvalue weighted by atomic mass is 35.5. The van der Waals surface area contributed by atoms with E-state index in [1.54, 1.807) is 6.07 Å². The van der Waals surface area contributed by atoms with E-state index in [0.717, 1.165) is 47.5 Å². The number of benzene rings is 2. The van der Waals surface area contributed by atoms with Crippen molar-refractivity contribution in [3.05, 3.63) is 70.5 Å². The molecule has 1 saturated carbocycles. The molecule has 0 aliphatic heterocycles. The molecule has 0 radical (unpaired) electrons. The maximum Gasteiger partial charge on any atom is 0.251 e. The van der Waals surface area contributed by atoms with E-state index in [0.29, 0.717) is 33.4 Å². The van der Waals surface area contributed by atoms with Gasteiger partial charge in [0, 0.05) is 45.5 Å². The number of nitrogens with one attached hydrogen (secondary N) is 2. The second-order valence-corrected chi connectivity index (χ2v) is 9.94. The third kappa shape index (κ3) is 4.88. The molecule has 1 aliphatic carbocycles. The van der Waals surface area contributed by atoms with Gasteiger partial charge in [-0.05, 0) is 49.1 Å². The lowest BCUT2D eigenvalue weighted by Gasteiger charge is -2.13. The van der Waals surface area contributed by atoms with Gasteiger partial charge in [0.2, 0.25) is 0 Å². The fourth-order valence-electron chi connectivity index (χ4n) is 3.75. The number of rotatable bonds is 7. The van der Waals surface area contributed by atoms with Crippen LogP contribution in [0.3, 0.4) is 0 Å². The molecule has 0 unspecified atom stereocenters. The number of fused-ring (bicyclic) bond motifs is 1. The largest absolute Gasteiger partial charge is 0.367 e. The number of nitrogens with zero attached hydrogens (tertiary/aromatic N) is 3. The van der Waals surface area contributed by atoms with Gasteiger partial charge in [-0.2, -0.15) is 0 Å². The van der Waals surface area contributed by atoms with Crippen LogP contribution >= 0.6 is 23.2 Å². The zero-order valence-corrected chi connectivity index (χ0v) is 20.5. The van der Waals surface area contributed by atoms with Gasteiger partial charge in [0.05, 0.1) is 17.6 Å². The van der Waals surface area contributed by atoms with Gasteiger partial charge in [-0.3, -0.25) is 9.20 Å². The van der Waals surface area contributed by atoms with Crippen LogP contribution in [-0.4, -0.2) is 32.9 Å². The Hall–Kier alpha value is -3.09. The summed E-state index contributed by atoms with van der Waals surface area (Å²) in [6, 6.07) is 13.3. The van der Waals surface area contributed by atoms with Crippen molar-refractivity contribution in [2.24, 2.45) is 5.92 Å². The summed E-state index contributed by atoms with van der Waals surface area (Å²) in [4.78, 5) is 21.9. The van der Waals surface area contributed by atoms with Crippen molar-refractivity contribution in [3.8, 4) is 22.5 Å². The van der Waals surface area contributed by atoms with Crippen molar-refractivity contribution in [2.45, 2.75) is 32.7 Å². The highest BCUT2D eigenvalue weighted by Crippen LogP contribution is 2.31. The Kier molecular flexibility index (Phi) is 6.19. The monoisotopic (exact) mass is 493 g/mol. The van der Waals surface area contributed by atoms with Gasteiger partial charge in [-0.25, -0.2) is 9.97 Å². The van der Waals surface area contributed by atoms with E-state index < -0.39 is 0 Å². The van der Waals surface area contributed by atoms with Gasteiger partial charge in [0.15, 0.2) is 11.5 Å². The predicted molar refractivity (Wildman–Crippen MR) is 138 cm³/mol. The summed E-state index contributed by atoms with van der Waals surface area (Å²) in [6.07, 6.45) is 5.89. The Morgan fingerprint density at radius 2 is 1.79 bits per heavy atom. The third-order valence-corrected chi connectivity index (χ3v) is 6.12. The summed E-state index contributed by atoms with van der Waals surface area (Å²) in [5, 5.41) is 7.55. The lowest BCUT2D eigenvalue weighted by molar-refractivity contribution is 0.0951. The van der Waals surface area contributed by atoms with Crippen LogP contribution in [-0.2, 0) is 0 Å². The molecule has 0 bridgehead atoms. The number of anilines is 1. The summed E-state index contributed by atoms with van der Waals surface area (Å²) < 4.78 is 2.01. The molecular formula is C26H25Cl2N5O.